The second-order valence-corrected chi connectivity index (χ2v) is 5.98. The van der Waals surface area contributed by atoms with Gasteiger partial charge in [0, 0.05) is 11.3 Å². The molecule has 0 radical (unpaired) electrons. The number of rotatable bonds is 7. The van der Waals surface area contributed by atoms with Crippen molar-refractivity contribution < 1.29 is 27.1 Å². The molecule has 2 aromatic rings. The molecule has 2 aromatic carbocycles. The molecule has 7 heteroatoms. The summed E-state index contributed by atoms with van der Waals surface area (Å²) in [6, 6.07) is 11.8. The van der Waals surface area contributed by atoms with E-state index in [0.717, 1.165) is 11.1 Å². The molecule has 0 heterocycles. The Morgan fingerprint density at radius 2 is 1.73 bits per heavy atom. The molecule has 0 aliphatic carbocycles. The minimum atomic E-state index is -4.20. The summed E-state index contributed by atoms with van der Waals surface area (Å²) in [4.78, 5) is 12.4. The van der Waals surface area contributed by atoms with Gasteiger partial charge in [-0.3, -0.25) is 4.79 Å². The highest BCUT2D eigenvalue weighted by Crippen LogP contribution is 2.24. The lowest BCUT2D eigenvalue weighted by Crippen LogP contribution is -2.32. The number of carbonyl (C=O) groups excluding carboxylic acids is 1. The van der Waals surface area contributed by atoms with Crippen LogP contribution >= 0.6 is 0 Å². The van der Waals surface area contributed by atoms with Gasteiger partial charge < -0.3 is 10.1 Å². The van der Waals surface area contributed by atoms with E-state index in [1.807, 2.05) is 32.0 Å². The molecule has 0 unspecified atom stereocenters. The Bertz CT molecular complexity index is 758. The van der Waals surface area contributed by atoms with Crippen LogP contribution in [-0.4, -0.2) is 24.9 Å². The highest BCUT2D eigenvalue weighted by atomic mass is 19.3. The fraction of sp³-hybridized carbons (Fsp3) is 0.316. The van der Waals surface area contributed by atoms with Crippen LogP contribution in [0.5, 0.6) is 0 Å². The summed E-state index contributed by atoms with van der Waals surface area (Å²) < 4.78 is 54.5. The first-order chi connectivity index (χ1) is 12.2. The van der Waals surface area contributed by atoms with Crippen LogP contribution < -0.4 is 5.32 Å². The van der Waals surface area contributed by atoms with Crippen LogP contribution in [0.4, 0.5) is 23.2 Å². The zero-order chi connectivity index (χ0) is 19.3. The number of halogens is 4. The summed E-state index contributed by atoms with van der Waals surface area (Å²) >= 11 is 0. The van der Waals surface area contributed by atoms with Crippen LogP contribution in [0.25, 0.3) is 0 Å². The van der Waals surface area contributed by atoms with Crippen molar-refractivity contribution in [1.82, 2.24) is 0 Å². The summed E-state index contributed by atoms with van der Waals surface area (Å²) in [5, 5.41) is 2.82. The van der Waals surface area contributed by atoms with Crippen LogP contribution in [0, 0.1) is 13.8 Å². The normalized spacial score (nSPS) is 11.7. The topological polar surface area (TPSA) is 38.3 Å². The molecule has 0 saturated heterocycles. The Hall–Kier alpha value is -2.41. The number of ether oxygens (including phenoxy) is 1. The van der Waals surface area contributed by atoms with Gasteiger partial charge in [-0.2, -0.15) is 8.78 Å². The number of alkyl halides is 4. The van der Waals surface area contributed by atoms with Crippen molar-refractivity contribution in [2.24, 2.45) is 0 Å². The van der Waals surface area contributed by atoms with Gasteiger partial charge in [-0.15, -0.1) is 0 Å². The Balaban J connectivity index is 2.03. The predicted molar refractivity (Wildman–Crippen MR) is 90.9 cm³/mol. The Morgan fingerprint density at radius 3 is 2.35 bits per heavy atom. The number of carbonyl (C=O) groups is 1. The minimum absolute atomic E-state index is 0.299. The van der Waals surface area contributed by atoms with Crippen LogP contribution in [-0.2, 0) is 11.3 Å². The quantitative estimate of drug-likeness (QED) is 0.700. The lowest BCUT2D eigenvalue weighted by Gasteiger charge is -2.15. The van der Waals surface area contributed by atoms with Gasteiger partial charge in [0.15, 0.2) is 0 Å². The second-order valence-electron chi connectivity index (χ2n) is 5.98. The fourth-order valence-electron chi connectivity index (χ4n) is 2.37. The molecule has 0 aliphatic rings. The molecule has 0 spiro atoms. The van der Waals surface area contributed by atoms with E-state index in [-0.39, 0.29) is 12.5 Å². The summed E-state index contributed by atoms with van der Waals surface area (Å²) in [5.41, 5.74) is 3.27. The summed E-state index contributed by atoms with van der Waals surface area (Å²) in [7, 11) is 0. The molecule has 1 amide bonds. The van der Waals surface area contributed by atoms with Gasteiger partial charge in [-0.05, 0) is 42.7 Å². The highest BCUT2D eigenvalue weighted by molar-refractivity contribution is 6.05. The second kappa shape index (κ2) is 8.31. The largest absolute Gasteiger partial charge is 0.370 e. The Kier molecular flexibility index (Phi) is 6.37. The number of hydrogen-bond donors (Lipinski definition) is 1. The predicted octanol–water partition coefficient (Wildman–Crippen LogP) is 4.97. The molecule has 3 nitrogen and oxygen atoms in total. The Labute approximate surface area is 149 Å². The van der Waals surface area contributed by atoms with Gasteiger partial charge in [-0.1, -0.05) is 30.3 Å². The van der Waals surface area contributed by atoms with Gasteiger partial charge >= 0.3 is 12.3 Å². The molecular weight excluding hydrogens is 350 g/mol. The smallest absolute Gasteiger partial charge is 0.330 e. The van der Waals surface area contributed by atoms with E-state index in [1.54, 1.807) is 18.2 Å². The standard InChI is InChI=1S/C19H19F4NO2/c1-12-5-3-6-13(2)16(12)24-17(25)15-8-4-7-14(9-15)10-26-11-19(22,23)18(20)21/h3-9,18H,10-11H2,1-2H3,(H,24,25). The molecule has 26 heavy (non-hydrogen) atoms. The van der Waals surface area contributed by atoms with E-state index in [2.05, 4.69) is 10.1 Å². The van der Waals surface area contributed by atoms with Crippen LogP contribution in [0.3, 0.4) is 0 Å². The van der Waals surface area contributed by atoms with Crippen molar-refractivity contribution in [2.45, 2.75) is 32.8 Å². The van der Waals surface area contributed by atoms with E-state index >= 15 is 0 Å². The van der Waals surface area contributed by atoms with Gasteiger partial charge in [0.2, 0.25) is 0 Å². The van der Waals surface area contributed by atoms with Gasteiger partial charge in [0.25, 0.3) is 5.91 Å². The lowest BCUT2D eigenvalue weighted by atomic mass is 10.1. The average molecular weight is 369 g/mol. The molecule has 0 aromatic heterocycles. The molecule has 1 N–H and O–H groups in total. The van der Waals surface area contributed by atoms with E-state index in [4.69, 9.17) is 0 Å². The number of nitrogens with one attached hydrogen (secondary N) is 1. The molecule has 0 saturated carbocycles. The van der Waals surface area contributed by atoms with Crippen molar-refractivity contribution >= 4 is 11.6 Å². The van der Waals surface area contributed by atoms with Crippen molar-refractivity contribution in [3.05, 3.63) is 64.7 Å². The van der Waals surface area contributed by atoms with Crippen LogP contribution in [0.15, 0.2) is 42.5 Å². The first-order valence-corrected chi connectivity index (χ1v) is 7.91. The number of anilines is 1. The van der Waals surface area contributed by atoms with Crippen LogP contribution in [0.2, 0.25) is 0 Å². The average Bonchev–Trinajstić information content (AvgIpc) is 2.58. The maximum Gasteiger partial charge on any atom is 0.330 e. The van der Waals surface area contributed by atoms with E-state index in [0.29, 0.717) is 16.8 Å². The maximum atomic E-state index is 12.8. The van der Waals surface area contributed by atoms with Crippen molar-refractivity contribution in [3.8, 4) is 0 Å². The number of benzene rings is 2. The maximum absolute atomic E-state index is 12.8. The number of aryl methyl sites for hydroxylation is 2. The summed E-state index contributed by atoms with van der Waals surface area (Å²) in [6.45, 7) is 2.06. The lowest BCUT2D eigenvalue weighted by molar-refractivity contribution is -0.168. The third-order valence-electron chi connectivity index (χ3n) is 3.79. The molecule has 140 valence electrons. The zero-order valence-electron chi connectivity index (χ0n) is 14.4. The SMILES string of the molecule is Cc1cccc(C)c1NC(=O)c1cccc(COCC(F)(F)C(F)F)c1. The monoisotopic (exact) mass is 369 g/mol. The minimum Gasteiger partial charge on any atom is -0.370 e. The molecule has 2 rings (SSSR count). The van der Waals surface area contributed by atoms with E-state index in [9.17, 15) is 22.4 Å². The highest BCUT2D eigenvalue weighted by Gasteiger charge is 2.40. The van der Waals surface area contributed by atoms with Crippen molar-refractivity contribution in [1.29, 1.82) is 0 Å². The van der Waals surface area contributed by atoms with Gasteiger partial charge in [-0.25, -0.2) is 8.78 Å². The zero-order valence-corrected chi connectivity index (χ0v) is 14.4. The van der Waals surface area contributed by atoms with Gasteiger partial charge in [0.1, 0.15) is 6.61 Å². The number of hydrogen-bond acceptors (Lipinski definition) is 2. The number of amides is 1. The van der Waals surface area contributed by atoms with Crippen LogP contribution in [0.1, 0.15) is 27.0 Å². The van der Waals surface area contributed by atoms with E-state index in [1.165, 1.54) is 6.07 Å². The molecular formula is C19H19F4NO2. The third kappa shape index (κ3) is 5.05. The molecule has 0 bridgehead atoms. The van der Waals surface area contributed by atoms with Crippen molar-refractivity contribution in [2.75, 3.05) is 11.9 Å². The molecule has 0 atom stereocenters. The summed E-state index contributed by atoms with van der Waals surface area (Å²) in [6.07, 6.45) is -3.78. The number of para-hydroxylation sites is 1. The summed E-state index contributed by atoms with van der Waals surface area (Å²) in [5.74, 6) is -4.56. The van der Waals surface area contributed by atoms with Gasteiger partial charge in [0.05, 0.1) is 6.61 Å². The van der Waals surface area contributed by atoms with Crippen molar-refractivity contribution in [3.63, 3.8) is 0 Å². The third-order valence-corrected chi connectivity index (χ3v) is 3.79. The van der Waals surface area contributed by atoms with E-state index < -0.39 is 19.0 Å². The first-order valence-electron chi connectivity index (χ1n) is 7.91. The Morgan fingerprint density at radius 1 is 1.12 bits per heavy atom. The fourth-order valence-corrected chi connectivity index (χ4v) is 2.37. The molecule has 0 aliphatic heterocycles. The first kappa shape index (κ1) is 19.9. The molecule has 0 fully saturated rings.